The summed E-state index contributed by atoms with van der Waals surface area (Å²) in [6.07, 6.45) is 4.07. The summed E-state index contributed by atoms with van der Waals surface area (Å²) in [5.41, 5.74) is -0.611. The fraction of sp³-hybridized carbons (Fsp3) is 0.455. The van der Waals surface area contributed by atoms with Gasteiger partial charge in [0.25, 0.3) is 5.91 Å². The molecule has 2 fully saturated rings. The van der Waals surface area contributed by atoms with E-state index in [9.17, 15) is 14.4 Å². The van der Waals surface area contributed by atoms with E-state index in [4.69, 9.17) is 0 Å². The Morgan fingerprint density at radius 1 is 1.39 bits per heavy atom. The van der Waals surface area contributed by atoms with Crippen LogP contribution in [0, 0.1) is 5.41 Å². The number of hydrogen-bond donors (Lipinski definition) is 1. The first-order valence-corrected chi connectivity index (χ1v) is 5.81. The summed E-state index contributed by atoms with van der Waals surface area (Å²) >= 11 is 0. The lowest BCUT2D eigenvalue weighted by Gasteiger charge is -2.28. The topological polar surface area (TPSA) is 84.3 Å². The number of nitrogens with zero attached hydrogens (tertiary/aromatic N) is 3. The number of aromatic nitrogens is 2. The van der Waals surface area contributed by atoms with Gasteiger partial charge < -0.3 is 0 Å². The minimum Gasteiger partial charge on any atom is -0.276 e. The van der Waals surface area contributed by atoms with Crippen LogP contribution in [0.3, 0.4) is 0 Å². The Hall–Kier alpha value is -2.18. The number of urea groups is 1. The van der Waals surface area contributed by atoms with Crippen molar-refractivity contribution in [2.24, 2.45) is 5.41 Å². The van der Waals surface area contributed by atoms with E-state index in [-0.39, 0.29) is 0 Å². The summed E-state index contributed by atoms with van der Waals surface area (Å²) in [5.74, 6) is -0.913. The average Bonchev–Trinajstić information content (AvgIpc) is 3.02. The molecule has 1 spiro atoms. The van der Waals surface area contributed by atoms with E-state index in [1.165, 1.54) is 6.20 Å². The number of carbonyl (C=O) groups excluding carboxylic acids is 3. The monoisotopic (exact) mass is 248 g/mol. The molecule has 18 heavy (non-hydrogen) atoms. The second kappa shape index (κ2) is 3.41. The van der Waals surface area contributed by atoms with Crippen molar-refractivity contribution in [2.75, 3.05) is 4.90 Å². The van der Waals surface area contributed by atoms with Crippen molar-refractivity contribution in [2.45, 2.75) is 26.3 Å². The zero-order valence-electron chi connectivity index (χ0n) is 9.84. The second-order valence-electron chi connectivity index (χ2n) is 4.54. The summed E-state index contributed by atoms with van der Waals surface area (Å²) in [6, 6.07) is -0.696. The largest absolute Gasteiger partial charge is 0.335 e. The molecule has 7 heteroatoms. The maximum absolute atomic E-state index is 12.2. The quantitative estimate of drug-likeness (QED) is 0.761. The zero-order valence-corrected chi connectivity index (χ0v) is 9.84. The van der Waals surface area contributed by atoms with Crippen LogP contribution in [0.2, 0.25) is 0 Å². The molecule has 2 heterocycles. The van der Waals surface area contributed by atoms with Crippen molar-refractivity contribution in [3.8, 4) is 0 Å². The highest BCUT2D eigenvalue weighted by atomic mass is 16.2. The fourth-order valence-corrected chi connectivity index (χ4v) is 2.12. The molecular weight excluding hydrogens is 236 g/mol. The van der Waals surface area contributed by atoms with Gasteiger partial charge in [0.05, 0.1) is 11.9 Å². The highest BCUT2D eigenvalue weighted by Crippen LogP contribution is 2.49. The van der Waals surface area contributed by atoms with Gasteiger partial charge in [-0.15, -0.1) is 0 Å². The van der Waals surface area contributed by atoms with Gasteiger partial charge in [0.1, 0.15) is 5.41 Å². The van der Waals surface area contributed by atoms with Crippen molar-refractivity contribution < 1.29 is 14.4 Å². The number of carbonyl (C=O) groups is 3. The Bertz CT molecular complexity index is 558. The summed E-state index contributed by atoms with van der Waals surface area (Å²) in [6.45, 7) is 2.55. The van der Waals surface area contributed by atoms with Crippen LogP contribution in [-0.4, -0.2) is 27.6 Å². The van der Waals surface area contributed by atoms with Gasteiger partial charge in [-0.2, -0.15) is 5.10 Å². The van der Waals surface area contributed by atoms with Crippen LogP contribution in [0.25, 0.3) is 0 Å². The maximum atomic E-state index is 12.2. The molecule has 1 N–H and O–H groups in total. The van der Waals surface area contributed by atoms with E-state index in [2.05, 4.69) is 10.4 Å². The molecule has 0 bridgehead atoms. The van der Waals surface area contributed by atoms with Crippen LogP contribution < -0.4 is 10.2 Å². The van der Waals surface area contributed by atoms with Crippen LogP contribution >= 0.6 is 0 Å². The predicted molar refractivity (Wildman–Crippen MR) is 60.6 cm³/mol. The molecule has 2 aliphatic rings. The van der Waals surface area contributed by atoms with Crippen molar-refractivity contribution >= 4 is 23.5 Å². The summed E-state index contributed by atoms with van der Waals surface area (Å²) in [4.78, 5) is 36.6. The van der Waals surface area contributed by atoms with E-state index >= 15 is 0 Å². The molecule has 1 saturated carbocycles. The van der Waals surface area contributed by atoms with Crippen molar-refractivity contribution in [1.82, 2.24) is 15.1 Å². The van der Waals surface area contributed by atoms with E-state index in [1.54, 1.807) is 10.9 Å². The van der Waals surface area contributed by atoms with Crippen LogP contribution in [0.4, 0.5) is 10.5 Å². The molecule has 0 unspecified atom stereocenters. The van der Waals surface area contributed by atoms with E-state index in [1.807, 2.05) is 6.92 Å². The zero-order chi connectivity index (χ0) is 12.9. The van der Waals surface area contributed by atoms with Crippen LogP contribution in [0.5, 0.6) is 0 Å². The Balaban J connectivity index is 1.98. The molecule has 1 aromatic heterocycles. The lowest BCUT2D eigenvalue weighted by atomic mass is 10.0. The number of anilines is 1. The predicted octanol–water partition coefficient (Wildman–Crippen LogP) is 0.266. The molecule has 1 saturated heterocycles. The third-order valence-corrected chi connectivity index (χ3v) is 3.42. The number of nitrogens with one attached hydrogen (secondary N) is 1. The molecule has 0 aromatic carbocycles. The standard InChI is InChI=1S/C11H12N4O3/c1-2-14-6-7(5-12-14)15-9(17)11(3-4-11)8(16)13-10(15)18/h5-6H,2-4H2,1H3,(H,13,16,18). The molecule has 0 atom stereocenters. The van der Waals surface area contributed by atoms with Gasteiger partial charge >= 0.3 is 6.03 Å². The Morgan fingerprint density at radius 2 is 2.11 bits per heavy atom. The Kier molecular flexibility index (Phi) is 2.07. The minimum atomic E-state index is -1.01. The number of imide groups is 2. The summed E-state index contributed by atoms with van der Waals surface area (Å²) in [7, 11) is 0. The number of amides is 4. The molecule has 94 valence electrons. The van der Waals surface area contributed by atoms with Gasteiger partial charge in [-0.05, 0) is 19.8 Å². The number of hydrogen-bond acceptors (Lipinski definition) is 4. The average molecular weight is 248 g/mol. The maximum Gasteiger partial charge on any atom is 0.335 e. The smallest absolute Gasteiger partial charge is 0.276 e. The first-order valence-electron chi connectivity index (χ1n) is 5.81. The molecular formula is C11H12N4O3. The number of rotatable bonds is 2. The second-order valence-corrected chi connectivity index (χ2v) is 4.54. The van der Waals surface area contributed by atoms with E-state index in [0.717, 1.165) is 4.90 Å². The van der Waals surface area contributed by atoms with Gasteiger partial charge in [0.2, 0.25) is 5.91 Å². The molecule has 1 aliphatic heterocycles. The number of barbiturate groups is 1. The molecule has 1 aromatic rings. The van der Waals surface area contributed by atoms with Crippen molar-refractivity contribution in [3.63, 3.8) is 0 Å². The SMILES string of the molecule is CCn1cc(N2C(=O)NC(=O)C3(CC3)C2=O)cn1. The Labute approximate surface area is 103 Å². The lowest BCUT2D eigenvalue weighted by Crippen LogP contribution is -2.59. The molecule has 3 rings (SSSR count). The third kappa shape index (κ3) is 1.30. The Morgan fingerprint density at radius 3 is 2.67 bits per heavy atom. The van der Waals surface area contributed by atoms with Crippen LogP contribution in [-0.2, 0) is 16.1 Å². The summed E-state index contributed by atoms with van der Waals surface area (Å²) in [5, 5.41) is 6.25. The summed E-state index contributed by atoms with van der Waals surface area (Å²) < 4.78 is 1.62. The van der Waals surface area contributed by atoms with Gasteiger partial charge in [0, 0.05) is 12.7 Å². The normalized spacial score (nSPS) is 21.4. The van der Waals surface area contributed by atoms with E-state index in [0.29, 0.717) is 25.1 Å². The molecule has 1 aliphatic carbocycles. The van der Waals surface area contributed by atoms with Gasteiger partial charge in [-0.25, -0.2) is 9.69 Å². The van der Waals surface area contributed by atoms with Crippen molar-refractivity contribution in [1.29, 1.82) is 0 Å². The van der Waals surface area contributed by atoms with Crippen LogP contribution in [0.1, 0.15) is 19.8 Å². The lowest BCUT2D eigenvalue weighted by molar-refractivity contribution is -0.136. The highest BCUT2D eigenvalue weighted by Gasteiger charge is 2.62. The van der Waals surface area contributed by atoms with E-state index < -0.39 is 23.3 Å². The van der Waals surface area contributed by atoms with Crippen molar-refractivity contribution in [3.05, 3.63) is 12.4 Å². The first kappa shape index (κ1) is 10.9. The molecule has 4 amide bonds. The van der Waals surface area contributed by atoms with Gasteiger partial charge in [-0.1, -0.05) is 0 Å². The number of aryl methyl sites for hydroxylation is 1. The van der Waals surface area contributed by atoms with Crippen LogP contribution in [0.15, 0.2) is 12.4 Å². The molecule has 7 nitrogen and oxygen atoms in total. The molecule has 0 radical (unpaired) electrons. The first-order chi connectivity index (χ1) is 8.58. The van der Waals surface area contributed by atoms with Gasteiger partial charge in [-0.3, -0.25) is 19.6 Å². The third-order valence-electron chi connectivity index (χ3n) is 3.42. The minimum absolute atomic E-state index is 0.401. The fourth-order valence-electron chi connectivity index (χ4n) is 2.12. The highest BCUT2D eigenvalue weighted by molar-refractivity contribution is 6.31. The van der Waals surface area contributed by atoms with Gasteiger partial charge in [0.15, 0.2) is 0 Å².